The van der Waals surface area contributed by atoms with E-state index in [0.29, 0.717) is 5.56 Å². The molecule has 0 radical (unpaired) electrons. The molecule has 0 N–H and O–H groups in total. The van der Waals surface area contributed by atoms with Crippen LogP contribution >= 0.6 is 0 Å². The summed E-state index contributed by atoms with van der Waals surface area (Å²) >= 11 is 0. The zero-order chi connectivity index (χ0) is 20.6. The Morgan fingerprint density at radius 3 is 2.41 bits per heavy atom. The van der Waals surface area contributed by atoms with Crippen LogP contribution in [-0.4, -0.2) is 11.9 Å². The van der Waals surface area contributed by atoms with Gasteiger partial charge in [0.05, 0.1) is 5.56 Å². The minimum Gasteiger partial charge on any atom is -0.457 e. The van der Waals surface area contributed by atoms with Crippen molar-refractivity contribution in [1.82, 2.24) is 0 Å². The van der Waals surface area contributed by atoms with Crippen LogP contribution in [-0.2, 0) is 15.7 Å². The number of cyclic esters (lactones) is 1. The summed E-state index contributed by atoms with van der Waals surface area (Å²) in [5, 5.41) is 0. The first-order valence-electron chi connectivity index (χ1n) is 8.35. The average Bonchev–Trinajstić information content (AvgIpc) is 3.29. The molecule has 0 unspecified atom stereocenters. The Bertz CT molecular complexity index is 1140. The molecule has 1 aromatic heterocycles. The van der Waals surface area contributed by atoms with Gasteiger partial charge in [-0.15, -0.1) is 0 Å². The van der Waals surface area contributed by atoms with Gasteiger partial charge in [0.15, 0.2) is 5.70 Å². The maximum atomic E-state index is 13.0. The fourth-order valence-electron chi connectivity index (χ4n) is 2.69. The molecule has 3 aromatic rings. The first kappa shape index (κ1) is 18.7. The molecule has 0 atom stereocenters. The second kappa shape index (κ2) is 7.05. The van der Waals surface area contributed by atoms with Crippen LogP contribution < -0.4 is 0 Å². The molecule has 0 bridgehead atoms. The van der Waals surface area contributed by atoms with E-state index in [1.165, 1.54) is 54.6 Å². The van der Waals surface area contributed by atoms with Crippen LogP contribution in [0.5, 0.6) is 0 Å². The fourth-order valence-corrected chi connectivity index (χ4v) is 2.69. The number of carbonyl (C=O) groups is 1. The summed E-state index contributed by atoms with van der Waals surface area (Å²) in [4.78, 5) is 16.1. The summed E-state index contributed by atoms with van der Waals surface area (Å²) in [7, 11) is 0. The smallest absolute Gasteiger partial charge is 0.416 e. The molecule has 146 valence electrons. The predicted octanol–water partition coefficient (Wildman–Crippen LogP) is 5.45. The van der Waals surface area contributed by atoms with Gasteiger partial charge in [0.2, 0.25) is 5.90 Å². The van der Waals surface area contributed by atoms with Gasteiger partial charge in [-0.25, -0.2) is 14.2 Å². The fraction of sp³-hybridized carbons (Fsp3) is 0.0476. The lowest BCUT2D eigenvalue weighted by Gasteiger charge is -2.07. The maximum absolute atomic E-state index is 13.0. The van der Waals surface area contributed by atoms with E-state index in [1.54, 1.807) is 0 Å². The highest BCUT2D eigenvalue weighted by molar-refractivity contribution is 6.12. The van der Waals surface area contributed by atoms with Crippen molar-refractivity contribution < 1.29 is 31.5 Å². The number of rotatable bonds is 3. The highest BCUT2D eigenvalue weighted by Gasteiger charge is 2.30. The standard InChI is InChI=1S/C21H11F4NO3/c22-15-6-4-12(5-7-15)19-26-17(20(27)29-19)11-16-8-9-18(28-16)13-2-1-3-14(10-13)21(23,24)25/h1-11H. The lowest BCUT2D eigenvalue weighted by molar-refractivity contribution is -0.137. The van der Waals surface area contributed by atoms with E-state index < -0.39 is 23.5 Å². The molecule has 1 aliphatic rings. The van der Waals surface area contributed by atoms with Crippen LogP contribution in [0.2, 0.25) is 0 Å². The van der Waals surface area contributed by atoms with Crippen molar-refractivity contribution in [1.29, 1.82) is 0 Å². The molecule has 4 nitrogen and oxygen atoms in total. The van der Waals surface area contributed by atoms with Gasteiger partial charge in [-0.2, -0.15) is 13.2 Å². The molecule has 2 heterocycles. The second-order valence-corrected chi connectivity index (χ2v) is 6.12. The van der Waals surface area contributed by atoms with Gasteiger partial charge in [0.1, 0.15) is 17.3 Å². The molecular weight excluding hydrogens is 390 g/mol. The van der Waals surface area contributed by atoms with E-state index >= 15 is 0 Å². The number of halogens is 4. The van der Waals surface area contributed by atoms with Crippen LogP contribution in [0.3, 0.4) is 0 Å². The van der Waals surface area contributed by atoms with E-state index in [2.05, 4.69) is 4.99 Å². The van der Waals surface area contributed by atoms with Gasteiger partial charge < -0.3 is 9.15 Å². The number of hydrogen-bond donors (Lipinski definition) is 0. The van der Waals surface area contributed by atoms with E-state index in [1.807, 2.05) is 0 Å². The van der Waals surface area contributed by atoms with Gasteiger partial charge in [-0.05, 0) is 48.5 Å². The van der Waals surface area contributed by atoms with Crippen molar-refractivity contribution in [3.05, 3.63) is 89.1 Å². The minimum absolute atomic E-state index is 0.0194. The van der Waals surface area contributed by atoms with Gasteiger partial charge >= 0.3 is 12.1 Å². The molecule has 1 aliphatic heterocycles. The van der Waals surface area contributed by atoms with E-state index in [0.717, 1.165) is 12.1 Å². The largest absolute Gasteiger partial charge is 0.457 e. The van der Waals surface area contributed by atoms with E-state index in [-0.39, 0.29) is 28.7 Å². The number of alkyl halides is 3. The van der Waals surface area contributed by atoms with Crippen molar-refractivity contribution in [2.75, 3.05) is 0 Å². The molecule has 0 spiro atoms. The van der Waals surface area contributed by atoms with Gasteiger partial charge in [-0.1, -0.05) is 12.1 Å². The summed E-state index contributed by atoms with van der Waals surface area (Å²) in [6, 6.07) is 13.0. The number of benzene rings is 2. The Labute approximate surface area is 161 Å². The summed E-state index contributed by atoms with van der Waals surface area (Å²) in [6.07, 6.45) is -3.15. The normalized spacial score (nSPS) is 15.5. The van der Waals surface area contributed by atoms with Crippen molar-refractivity contribution in [2.45, 2.75) is 6.18 Å². The molecular formula is C21H11F4NO3. The van der Waals surface area contributed by atoms with Crippen LogP contribution in [0.4, 0.5) is 17.6 Å². The molecule has 0 saturated carbocycles. The van der Waals surface area contributed by atoms with Crippen molar-refractivity contribution in [2.24, 2.45) is 4.99 Å². The van der Waals surface area contributed by atoms with Crippen LogP contribution in [0.25, 0.3) is 17.4 Å². The molecule has 29 heavy (non-hydrogen) atoms. The number of carbonyl (C=O) groups excluding carboxylic acids is 1. The Hall–Kier alpha value is -3.68. The van der Waals surface area contributed by atoms with E-state index in [9.17, 15) is 22.4 Å². The third-order valence-corrected chi connectivity index (χ3v) is 4.09. The lowest BCUT2D eigenvalue weighted by atomic mass is 10.1. The number of nitrogens with zero attached hydrogens (tertiary/aromatic N) is 1. The third-order valence-electron chi connectivity index (χ3n) is 4.09. The van der Waals surface area contributed by atoms with Gasteiger partial charge in [-0.3, -0.25) is 0 Å². The average molecular weight is 401 g/mol. The third kappa shape index (κ3) is 3.96. The zero-order valence-electron chi connectivity index (χ0n) is 14.5. The van der Waals surface area contributed by atoms with Gasteiger partial charge in [0, 0.05) is 17.2 Å². The first-order valence-corrected chi connectivity index (χ1v) is 8.35. The Morgan fingerprint density at radius 1 is 0.931 bits per heavy atom. The minimum atomic E-state index is -4.47. The molecule has 8 heteroatoms. The summed E-state index contributed by atoms with van der Waals surface area (Å²) in [5.74, 6) is -0.718. The zero-order valence-corrected chi connectivity index (χ0v) is 14.5. The molecule has 4 rings (SSSR count). The SMILES string of the molecule is O=C1OC(c2ccc(F)cc2)=NC1=Cc1ccc(-c2cccc(C(F)(F)F)c2)o1. The van der Waals surface area contributed by atoms with Crippen molar-refractivity contribution in [3.63, 3.8) is 0 Å². The van der Waals surface area contributed by atoms with Crippen LogP contribution in [0.1, 0.15) is 16.9 Å². The molecule has 0 aliphatic carbocycles. The molecule has 2 aromatic carbocycles. The quantitative estimate of drug-likeness (QED) is 0.333. The Balaban J connectivity index is 1.61. The van der Waals surface area contributed by atoms with Crippen molar-refractivity contribution >= 4 is 17.9 Å². The second-order valence-electron chi connectivity index (χ2n) is 6.12. The lowest BCUT2D eigenvalue weighted by Crippen LogP contribution is -2.05. The number of ether oxygens (including phenoxy) is 1. The summed E-state index contributed by atoms with van der Waals surface area (Å²) in [6.45, 7) is 0. The first-order chi connectivity index (χ1) is 13.8. The number of hydrogen-bond acceptors (Lipinski definition) is 4. The van der Waals surface area contributed by atoms with Gasteiger partial charge in [0.25, 0.3) is 0 Å². The van der Waals surface area contributed by atoms with E-state index in [4.69, 9.17) is 9.15 Å². The molecule has 0 saturated heterocycles. The predicted molar refractivity (Wildman–Crippen MR) is 96.2 cm³/mol. The van der Waals surface area contributed by atoms with Crippen LogP contribution in [0.15, 0.2) is 75.8 Å². The maximum Gasteiger partial charge on any atom is 0.416 e. The molecule has 0 fully saturated rings. The monoisotopic (exact) mass is 401 g/mol. The number of furan rings is 1. The number of esters is 1. The Morgan fingerprint density at radius 2 is 1.69 bits per heavy atom. The topological polar surface area (TPSA) is 51.8 Å². The number of aliphatic imine (C=N–C) groups is 1. The highest BCUT2D eigenvalue weighted by atomic mass is 19.4. The Kier molecular flexibility index (Phi) is 4.54. The summed E-state index contributed by atoms with van der Waals surface area (Å²) < 4.78 is 62.2. The highest BCUT2D eigenvalue weighted by Crippen LogP contribution is 2.33. The summed E-state index contributed by atoms with van der Waals surface area (Å²) in [5.41, 5.74) is -0.172. The van der Waals surface area contributed by atoms with Crippen LogP contribution in [0, 0.1) is 5.82 Å². The molecule has 0 amide bonds. The van der Waals surface area contributed by atoms with Crippen molar-refractivity contribution in [3.8, 4) is 11.3 Å².